The van der Waals surface area contributed by atoms with Crippen molar-refractivity contribution in [3.63, 3.8) is 0 Å². The highest BCUT2D eigenvalue weighted by Crippen LogP contribution is 2.60. The number of halogens is 16. The molecule has 0 amide bonds. The van der Waals surface area contributed by atoms with E-state index in [1.807, 2.05) is 0 Å². The summed E-state index contributed by atoms with van der Waals surface area (Å²) in [5.41, 5.74) is 0. The Morgan fingerprint density at radius 2 is 0.974 bits per heavy atom. The van der Waals surface area contributed by atoms with Crippen LogP contribution in [0.5, 0.6) is 0 Å². The van der Waals surface area contributed by atoms with Gasteiger partial charge in [-0.25, -0.2) is 26.3 Å². The molecular formula is C18H22F16O3Si. The van der Waals surface area contributed by atoms with Crippen LogP contribution in [0.15, 0.2) is 12.4 Å². The smallest absolute Gasteiger partial charge is 0.372 e. The van der Waals surface area contributed by atoms with Gasteiger partial charge in [-0.15, -0.1) is 0 Å². The molecule has 0 aromatic carbocycles. The third-order valence-corrected chi connectivity index (χ3v) is 7.84. The van der Waals surface area contributed by atoms with Crippen LogP contribution < -0.4 is 0 Å². The molecule has 0 aliphatic rings. The van der Waals surface area contributed by atoms with Crippen molar-refractivity contribution in [2.45, 2.75) is 80.9 Å². The molecule has 0 aromatic heterocycles. The van der Waals surface area contributed by atoms with Crippen molar-refractivity contribution in [1.29, 1.82) is 0 Å². The van der Waals surface area contributed by atoms with Gasteiger partial charge in [-0.2, -0.15) is 43.9 Å². The highest BCUT2D eigenvalue weighted by molar-refractivity contribution is 6.62. The Bertz CT molecular complexity index is 751. The number of allylic oxidation sites excluding steroid dienone is 1. The summed E-state index contributed by atoms with van der Waals surface area (Å²) in [7, 11) is -5.83. The summed E-state index contributed by atoms with van der Waals surface area (Å²) < 4.78 is 235. The van der Waals surface area contributed by atoms with Crippen LogP contribution in [0.25, 0.3) is 0 Å². The second-order valence-electron chi connectivity index (χ2n) is 7.29. The summed E-state index contributed by atoms with van der Waals surface area (Å²) in [4.78, 5) is 0. The van der Waals surface area contributed by atoms with E-state index in [9.17, 15) is 70.2 Å². The molecule has 228 valence electrons. The first-order valence-electron chi connectivity index (χ1n) is 10.3. The van der Waals surface area contributed by atoms with Crippen molar-refractivity contribution in [3.8, 4) is 0 Å². The molecule has 0 aliphatic heterocycles. The van der Waals surface area contributed by atoms with E-state index in [1.54, 1.807) is 0 Å². The van der Waals surface area contributed by atoms with E-state index in [-0.39, 0.29) is 0 Å². The Hall–Kier alpha value is -1.28. The van der Waals surface area contributed by atoms with Gasteiger partial charge in [0.1, 0.15) is 0 Å². The van der Waals surface area contributed by atoms with Gasteiger partial charge in [-0.3, -0.25) is 0 Å². The molecule has 0 saturated heterocycles. The van der Waals surface area contributed by atoms with Crippen molar-refractivity contribution in [2.24, 2.45) is 0 Å². The second kappa shape index (κ2) is 12.9. The number of hydrogen-bond acceptors (Lipinski definition) is 3. The standard InChI is InChI=1S/C18H22F16O3Si/c1-4-35-38(36-5-2,37-6-3)13(24)15(27,28)17(31,32)18(33,34)16(29,30)14(25,26)12(23)11(22)10(21)9(20)7-8-19/h7-13H,4-6H2,1-3H3. The van der Waals surface area contributed by atoms with Crippen LogP contribution in [0, 0.1) is 0 Å². The molecule has 5 unspecified atom stereocenters. The Morgan fingerprint density at radius 1 is 0.605 bits per heavy atom. The van der Waals surface area contributed by atoms with E-state index in [1.165, 1.54) is 0 Å². The maximum atomic E-state index is 14.8. The lowest BCUT2D eigenvalue weighted by molar-refractivity contribution is -0.413. The van der Waals surface area contributed by atoms with Crippen molar-refractivity contribution < 1.29 is 83.5 Å². The van der Waals surface area contributed by atoms with Crippen molar-refractivity contribution in [2.75, 3.05) is 19.8 Å². The second-order valence-corrected chi connectivity index (χ2v) is 9.87. The fourth-order valence-electron chi connectivity index (χ4n) is 2.83. The van der Waals surface area contributed by atoms with E-state index >= 15 is 0 Å². The highest BCUT2D eigenvalue weighted by Gasteiger charge is 2.90. The predicted molar refractivity (Wildman–Crippen MR) is 100 cm³/mol. The first kappa shape index (κ1) is 36.7. The van der Waals surface area contributed by atoms with E-state index in [2.05, 4.69) is 13.3 Å². The zero-order valence-electron chi connectivity index (χ0n) is 19.4. The Kier molecular flexibility index (Phi) is 12.5. The zero-order chi connectivity index (χ0) is 30.5. The summed E-state index contributed by atoms with van der Waals surface area (Å²) in [5.74, 6) is -43.3. The SMILES string of the molecule is CCO[Si](OCC)(OCC)C(F)C(F)(F)C(F)(F)C(F)(F)C(F)(F)C(F)(F)C(F)C(F)C(F)C(F)C=CF. The summed E-state index contributed by atoms with van der Waals surface area (Å²) in [6.45, 7) is 0.257. The van der Waals surface area contributed by atoms with Crippen LogP contribution in [0.2, 0.25) is 0 Å². The number of rotatable bonds is 17. The summed E-state index contributed by atoms with van der Waals surface area (Å²) in [6, 6.07) is 0. The van der Waals surface area contributed by atoms with Crippen LogP contribution in [-0.2, 0) is 13.3 Å². The lowest BCUT2D eigenvalue weighted by atomic mass is 9.90. The third kappa shape index (κ3) is 6.21. The van der Waals surface area contributed by atoms with Gasteiger partial charge in [0.05, 0.1) is 6.33 Å². The molecule has 0 spiro atoms. The highest BCUT2D eigenvalue weighted by atomic mass is 28.4. The summed E-state index contributed by atoms with van der Waals surface area (Å²) >= 11 is 0. The van der Waals surface area contributed by atoms with E-state index in [4.69, 9.17) is 0 Å². The molecule has 0 saturated carbocycles. The van der Waals surface area contributed by atoms with Gasteiger partial charge >= 0.3 is 38.4 Å². The molecule has 3 nitrogen and oxygen atoms in total. The van der Waals surface area contributed by atoms with Crippen LogP contribution in [0.4, 0.5) is 70.2 Å². The maximum absolute atomic E-state index is 14.8. The molecule has 0 bridgehead atoms. The number of hydrogen-bond donors (Lipinski definition) is 0. The van der Waals surface area contributed by atoms with Gasteiger partial charge in [0.25, 0.3) is 0 Å². The fourth-order valence-corrected chi connectivity index (χ4v) is 5.35. The van der Waals surface area contributed by atoms with Gasteiger partial charge in [0.2, 0.25) is 12.0 Å². The third-order valence-electron chi connectivity index (χ3n) is 4.78. The van der Waals surface area contributed by atoms with E-state index in [0.717, 1.165) is 20.8 Å². The fraction of sp³-hybridized carbons (Fsp3) is 0.889. The Balaban J connectivity index is 6.68. The number of alkyl halides is 15. The normalized spacial score (nSPS) is 18.9. The molecule has 0 aromatic rings. The Morgan fingerprint density at radius 3 is 1.32 bits per heavy atom. The molecule has 0 N–H and O–H groups in total. The van der Waals surface area contributed by atoms with Gasteiger partial charge in [-0.05, 0) is 26.8 Å². The molecule has 0 fully saturated rings. The van der Waals surface area contributed by atoms with E-state index < -0.39 is 101 Å². The van der Waals surface area contributed by atoms with Gasteiger partial charge < -0.3 is 13.3 Å². The summed E-state index contributed by atoms with van der Waals surface area (Å²) in [6.07, 6.45) is -19.8. The van der Waals surface area contributed by atoms with Gasteiger partial charge in [0, 0.05) is 19.8 Å². The first-order chi connectivity index (χ1) is 17.1. The van der Waals surface area contributed by atoms with Crippen molar-refractivity contribution >= 4 is 8.80 Å². The summed E-state index contributed by atoms with van der Waals surface area (Å²) in [5, 5.41) is 0. The minimum Gasteiger partial charge on any atom is -0.372 e. The quantitative estimate of drug-likeness (QED) is 0.131. The topological polar surface area (TPSA) is 27.7 Å². The monoisotopic (exact) mass is 618 g/mol. The van der Waals surface area contributed by atoms with E-state index in [0.29, 0.717) is 0 Å². The maximum Gasteiger partial charge on any atom is 0.543 e. The van der Waals surface area contributed by atoms with Crippen LogP contribution >= 0.6 is 0 Å². The molecule has 0 heterocycles. The van der Waals surface area contributed by atoms with Crippen molar-refractivity contribution in [3.05, 3.63) is 12.4 Å². The molecule has 0 radical (unpaired) electrons. The average Bonchev–Trinajstić information content (AvgIpc) is 2.81. The molecule has 20 heteroatoms. The average molecular weight is 618 g/mol. The van der Waals surface area contributed by atoms with Gasteiger partial charge in [0.15, 0.2) is 18.5 Å². The lowest BCUT2D eigenvalue weighted by Gasteiger charge is -2.43. The Labute approximate surface area is 206 Å². The molecule has 0 aliphatic carbocycles. The zero-order valence-corrected chi connectivity index (χ0v) is 20.4. The van der Waals surface area contributed by atoms with Gasteiger partial charge in [-0.1, -0.05) is 0 Å². The van der Waals surface area contributed by atoms with Crippen LogP contribution in [0.1, 0.15) is 20.8 Å². The van der Waals surface area contributed by atoms with Crippen LogP contribution in [0.3, 0.4) is 0 Å². The molecular weight excluding hydrogens is 596 g/mol. The minimum absolute atomic E-state index is 0.587. The predicted octanol–water partition coefficient (Wildman–Crippen LogP) is 6.92. The molecule has 5 atom stereocenters. The lowest BCUT2D eigenvalue weighted by Crippen LogP contribution is -2.74. The first-order valence-corrected chi connectivity index (χ1v) is 12.1. The minimum atomic E-state index is -8.11. The largest absolute Gasteiger partial charge is 0.543 e. The van der Waals surface area contributed by atoms with Crippen molar-refractivity contribution in [1.82, 2.24) is 0 Å². The molecule has 38 heavy (non-hydrogen) atoms. The van der Waals surface area contributed by atoms with Crippen LogP contribution in [-0.4, -0.2) is 88.7 Å². The molecule has 0 rings (SSSR count).